The van der Waals surface area contributed by atoms with Crippen LogP contribution < -0.4 is 4.74 Å². The summed E-state index contributed by atoms with van der Waals surface area (Å²) in [5, 5.41) is 3.98. The summed E-state index contributed by atoms with van der Waals surface area (Å²) in [6.07, 6.45) is -0.0152. The van der Waals surface area contributed by atoms with Crippen molar-refractivity contribution < 1.29 is 14.1 Å². The minimum atomic E-state index is -0.166. The summed E-state index contributed by atoms with van der Waals surface area (Å²) in [5.41, 5.74) is 1.37. The van der Waals surface area contributed by atoms with Crippen molar-refractivity contribution in [3.63, 3.8) is 0 Å². The fraction of sp³-hybridized carbons (Fsp3) is 0.250. The van der Waals surface area contributed by atoms with E-state index in [1.54, 1.807) is 19.2 Å². The van der Waals surface area contributed by atoms with Crippen molar-refractivity contribution in [3.05, 3.63) is 66.1 Å². The van der Waals surface area contributed by atoms with Gasteiger partial charge < -0.3 is 14.2 Å². The highest BCUT2D eigenvalue weighted by atomic mass is 16.5. The third-order valence-corrected chi connectivity index (χ3v) is 3.70. The highest BCUT2D eigenvalue weighted by Crippen LogP contribution is 2.22. The molecular weight excluding hydrogens is 330 g/mol. The molecule has 3 rings (SSSR count). The van der Waals surface area contributed by atoms with Crippen LogP contribution in [-0.4, -0.2) is 34.1 Å². The molecule has 3 aromatic rings. The predicted octanol–water partition coefficient (Wildman–Crippen LogP) is 3.80. The summed E-state index contributed by atoms with van der Waals surface area (Å²) in [6.45, 7) is 4.07. The van der Waals surface area contributed by atoms with Gasteiger partial charge in [-0.2, -0.15) is 4.98 Å². The molecular formula is C20H21N3O3. The van der Waals surface area contributed by atoms with Crippen molar-refractivity contribution in [1.82, 2.24) is 15.0 Å². The van der Waals surface area contributed by atoms with Gasteiger partial charge in [-0.05, 0) is 26.0 Å². The van der Waals surface area contributed by atoms with Crippen molar-refractivity contribution in [2.45, 2.75) is 26.5 Å². The largest absolute Gasteiger partial charge is 0.490 e. The molecule has 0 bridgehead atoms. The number of nitrogens with zero attached hydrogens (tertiary/aromatic N) is 3. The Bertz CT molecular complexity index is 875. The predicted molar refractivity (Wildman–Crippen MR) is 97.7 cm³/mol. The SMILES string of the molecule is CC(C)Oc1ccccc1C(=O)N(C)Cc1nc(-c2ccccc2)no1. The molecule has 0 unspecified atom stereocenters. The van der Waals surface area contributed by atoms with E-state index in [1.807, 2.05) is 56.3 Å². The first-order valence-corrected chi connectivity index (χ1v) is 8.43. The molecule has 26 heavy (non-hydrogen) atoms. The second kappa shape index (κ2) is 7.82. The summed E-state index contributed by atoms with van der Waals surface area (Å²) in [5.74, 6) is 1.28. The van der Waals surface area contributed by atoms with Crippen LogP contribution in [0.1, 0.15) is 30.1 Å². The molecule has 1 amide bonds. The number of aromatic nitrogens is 2. The molecule has 0 saturated carbocycles. The molecule has 134 valence electrons. The van der Waals surface area contributed by atoms with Gasteiger partial charge in [-0.25, -0.2) is 0 Å². The summed E-state index contributed by atoms with van der Waals surface area (Å²) in [4.78, 5) is 18.7. The van der Waals surface area contributed by atoms with Gasteiger partial charge in [0.1, 0.15) is 12.3 Å². The molecule has 0 aliphatic carbocycles. The third kappa shape index (κ3) is 4.08. The van der Waals surface area contributed by atoms with E-state index in [0.29, 0.717) is 23.0 Å². The number of amides is 1. The first-order chi connectivity index (χ1) is 12.5. The molecule has 0 atom stereocenters. The molecule has 0 radical (unpaired) electrons. The molecule has 6 heteroatoms. The van der Waals surface area contributed by atoms with E-state index < -0.39 is 0 Å². The monoisotopic (exact) mass is 351 g/mol. The average Bonchev–Trinajstić information content (AvgIpc) is 3.10. The van der Waals surface area contributed by atoms with E-state index in [-0.39, 0.29) is 18.6 Å². The van der Waals surface area contributed by atoms with Crippen molar-refractivity contribution in [3.8, 4) is 17.1 Å². The van der Waals surface area contributed by atoms with E-state index in [0.717, 1.165) is 5.56 Å². The van der Waals surface area contributed by atoms with Crippen LogP contribution in [0.4, 0.5) is 0 Å². The molecule has 0 aliphatic rings. The fourth-order valence-electron chi connectivity index (χ4n) is 2.50. The third-order valence-electron chi connectivity index (χ3n) is 3.70. The molecule has 6 nitrogen and oxygen atoms in total. The smallest absolute Gasteiger partial charge is 0.257 e. The lowest BCUT2D eigenvalue weighted by Crippen LogP contribution is -2.27. The van der Waals surface area contributed by atoms with Crippen molar-refractivity contribution in [2.75, 3.05) is 7.05 Å². The Labute approximate surface area is 152 Å². The van der Waals surface area contributed by atoms with Gasteiger partial charge in [0.2, 0.25) is 11.7 Å². The highest BCUT2D eigenvalue weighted by Gasteiger charge is 2.19. The van der Waals surface area contributed by atoms with Gasteiger partial charge in [-0.3, -0.25) is 4.79 Å². The highest BCUT2D eigenvalue weighted by molar-refractivity contribution is 5.96. The second-order valence-electron chi connectivity index (χ2n) is 6.20. The zero-order chi connectivity index (χ0) is 18.5. The normalized spacial score (nSPS) is 10.8. The van der Waals surface area contributed by atoms with Gasteiger partial charge in [-0.1, -0.05) is 47.6 Å². The Morgan fingerprint density at radius 3 is 2.54 bits per heavy atom. The van der Waals surface area contributed by atoms with E-state index in [9.17, 15) is 4.79 Å². The number of ether oxygens (including phenoxy) is 1. The van der Waals surface area contributed by atoms with Crippen LogP contribution in [0.2, 0.25) is 0 Å². The van der Waals surface area contributed by atoms with E-state index in [1.165, 1.54) is 4.90 Å². The Hall–Kier alpha value is -3.15. The van der Waals surface area contributed by atoms with Gasteiger partial charge in [-0.15, -0.1) is 0 Å². The number of hydrogen-bond acceptors (Lipinski definition) is 5. The molecule has 1 heterocycles. The first kappa shape index (κ1) is 17.7. The fourth-order valence-corrected chi connectivity index (χ4v) is 2.50. The molecule has 1 aromatic heterocycles. The maximum atomic E-state index is 12.8. The molecule has 0 N–H and O–H groups in total. The molecule has 0 aliphatic heterocycles. The van der Waals surface area contributed by atoms with Crippen LogP contribution in [-0.2, 0) is 6.54 Å². The zero-order valence-corrected chi connectivity index (χ0v) is 15.0. The number of hydrogen-bond donors (Lipinski definition) is 0. The Kier molecular flexibility index (Phi) is 5.31. The topological polar surface area (TPSA) is 68.5 Å². The molecule has 2 aromatic carbocycles. The van der Waals surface area contributed by atoms with Crippen molar-refractivity contribution >= 4 is 5.91 Å². The lowest BCUT2D eigenvalue weighted by molar-refractivity contribution is 0.0763. The molecule has 0 spiro atoms. The van der Waals surface area contributed by atoms with Gasteiger partial charge in [0.05, 0.1) is 11.7 Å². The minimum absolute atomic E-state index is 0.0152. The number of carbonyl (C=O) groups excluding carboxylic acids is 1. The number of para-hydroxylation sites is 1. The van der Waals surface area contributed by atoms with E-state index in [4.69, 9.17) is 9.26 Å². The zero-order valence-electron chi connectivity index (χ0n) is 15.0. The number of benzene rings is 2. The minimum Gasteiger partial charge on any atom is -0.490 e. The summed E-state index contributed by atoms with van der Waals surface area (Å²) < 4.78 is 11.0. The number of carbonyl (C=O) groups is 1. The first-order valence-electron chi connectivity index (χ1n) is 8.43. The average molecular weight is 351 g/mol. The Morgan fingerprint density at radius 1 is 1.12 bits per heavy atom. The molecule has 0 saturated heterocycles. The van der Waals surface area contributed by atoms with Gasteiger partial charge >= 0.3 is 0 Å². The summed E-state index contributed by atoms with van der Waals surface area (Å²) in [7, 11) is 1.70. The molecule has 0 fully saturated rings. The van der Waals surface area contributed by atoms with Crippen LogP contribution in [0.3, 0.4) is 0 Å². The Balaban J connectivity index is 1.74. The van der Waals surface area contributed by atoms with E-state index in [2.05, 4.69) is 10.1 Å². The van der Waals surface area contributed by atoms with Crippen LogP contribution in [0.25, 0.3) is 11.4 Å². The Morgan fingerprint density at radius 2 is 1.81 bits per heavy atom. The van der Waals surface area contributed by atoms with Crippen LogP contribution in [0.15, 0.2) is 59.1 Å². The maximum Gasteiger partial charge on any atom is 0.257 e. The van der Waals surface area contributed by atoms with Crippen molar-refractivity contribution in [2.24, 2.45) is 0 Å². The lowest BCUT2D eigenvalue weighted by atomic mass is 10.1. The van der Waals surface area contributed by atoms with Crippen LogP contribution in [0, 0.1) is 0 Å². The van der Waals surface area contributed by atoms with Gasteiger partial charge in [0, 0.05) is 12.6 Å². The van der Waals surface area contributed by atoms with Gasteiger partial charge in [0.15, 0.2) is 0 Å². The van der Waals surface area contributed by atoms with Crippen molar-refractivity contribution in [1.29, 1.82) is 0 Å². The second-order valence-corrected chi connectivity index (χ2v) is 6.20. The quantitative estimate of drug-likeness (QED) is 0.676. The summed E-state index contributed by atoms with van der Waals surface area (Å²) >= 11 is 0. The van der Waals surface area contributed by atoms with E-state index >= 15 is 0 Å². The van der Waals surface area contributed by atoms with Crippen LogP contribution >= 0.6 is 0 Å². The standard InChI is InChI=1S/C20H21N3O3/c1-14(2)25-17-12-8-7-11-16(17)20(24)23(3)13-18-21-19(22-26-18)15-9-5-4-6-10-15/h4-12,14H,13H2,1-3H3. The lowest BCUT2D eigenvalue weighted by Gasteiger charge is -2.18. The number of rotatable bonds is 6. The van der Waals surface area contributed by atoms with Crippen LogP contribution in [0.5, 0.6) is 5.75 Å². The maximum absolute atomic E-state index is 12.8. The van der Waals surface area contributed by atoms with Gasteiger partial charge in [0.25, 0.3) is 5.91 Å². The summed E-state index contributed by atoms with van der Waals surface area (Å²) in [6, 6.07) is 16.8.